The Balaban J connectivity index is 1.55. The smallest absolute Gasteiger partial charge is 0.266 e. The number of hydrogen-bond acceptors (Lipinski definition) is 3. The van der Waals surface area contributed by atoms with Crippen molar-refractivity contribution in [2.45, 2.75) is 19.3 Å². The highest BCUT2D eigenvalue weighted by Gasteiger charge is 2.25. The average Bonchev–Trinajstić information content (AvgIpc) is 2.70. The first kappa shape index (κ1) is 18.7. The van der Waals surface area contributed by atoms with Crippen molar-refractivity contribution in [3.8, 4) is 6.07 Å². The third-order valence-electron chi connectivity index (χ3n) is 4.83. The molecule has 138 valence electrons. The Labute approximate surface area is 158 Å². The Kier molecular flexibility index (Phi) is 6.22. The van der Waals surface area contributed by atoms with Crippen LogP contribution in [0.2, 0.25) is 0 Å². The van der Waals surface area contributed by atoms with E-state index in [4.69, 9.17) is 0 Å². The summed E-state index contributed by atoms with van der Waals surface area (Å²) in [6, 6.07) is 18.2. The molecule has 1 heterocycles. The maximum atomic E-state index is 13.2. The van der Waals surface area contributed by atoms with Gasteiger partial charge in [-0.05, 0) is 48.9 Å². The Bertz CT molecular complexity index is 849. The van der Waals surface area contributed by atoms with Crippen molar-refractivity contribution in [3.63, 3.8) is 0 Å². The van der Waals surface area contributed by atoms with Crippen molar-refractivity contribution in [1.82, 2.24) is 4.90 Å². The van der Waals surface area contributed by atoms with Crippen LogP contribution in [0.3, 0.4) is 0 Å². The van der Waals surface area contributed by atoms with Crippen LogP contribution in [0, 0.1) is 23.1 Å². The Morgan fingerprint density at radius 2 is 1.93 bits per heavy atom. The lowest BCUT2D eigenvalue weighted by Gasteiger charge is -2.32. The van der Waals surface area contributed by atoms with E-state index in [-0.39, 0.29) is 17.3 Å². The summed E-state index contributed by atoms with van der Waals surface area (Å²) < 4.78 is 13.2. The molecule has 1 aliphatic rings. The summed E-state index contributed by atoms with van der Waals surface area (Å²) in [5, 5.41) is 12.2. The van der Waals surface area contributed by atoms with Crippen molar-refractivity contribution >= 4 is 11.6 Å². The lowest BCUT2D eigenvalue weighted by molar-refractivity contribution is -0.128. The number of hydrogen-bond donors (Lipinski definition) is 1. The van der Waals surface area contributed by atoms with E-state index in [9.17, 15) is 14.4 Å². The van der Waals surface area contributed by atoms with Gasteiger partial charge in [0.05, 0.1) is 0 Å². The van der Waals surface area contributed by atoms with Crippen LogP contribution in [0.4, 0.5) is 10.1 Å². The SMILES string of the molecule is N#C/C(=C/Nc1cccc(F)c1)C(=O)N1CCC(Cc2ccccc2)CC1. The van der Waals surface area contributed by atoms with Gasteiger partial charge >= 0.3 is 0 Å². The fourth-order valence-electron chi connectivity index (χ4n) is 3.33. The van der Waals surface area contributed by atoms with Crippen molar-refractivity contribution in [1.29, 1.82) is 5.26 Å². The fraction of sp³-hybridized carbons (Fsp3) is 0.273. The maximum Gasteiger partial charge on any atom is 0.266 e. The highest BCUT2D eigenvalue weighted by molar-refractivity contribution is 5.97. The van der Waals surface area contributed by atoms with Gasteiger partial charge in [0.1, 0.15) is 17.5 Å². The van der Waals surface area contributed by atoms with Crippen LogP contribution in [0.25, 0.3) is 0 Å². The zero-order valence-corrected chi connectivity index (χ0v) is 15.1. The van der Waals surface area contributed by atoms with Crippen LogP contribution >= 0.6 is 0 Å². The van der Waals surface area contributed by atoms with Crippen LogP contribution in [0.5, 0.6) is 0 Å². The number of benzene rings is 2. The Morgan fingerprint density at radius 1 is 1.19 bits per heavy atom. The number of piperidine rings is 1. The summed E-state index contributed by atoms with van der Waals surface area (Å²) in [7, 11) is 0. The molecule has 0 bridgehead atoms. The number of amides is 1. The minimum absolute atomic E-state index is 0.0285. The summed E-state index contributed by atoms with van der Waals surface area (Å²) in [5.74, 6) is -0.102. The van der Waals surface area contributed by atoms with E-state index in [2.05, 4.69) is 17.4 Å². The molecule has 0 unspecified atom stereocenters. The van der Waals surface area contributed by atoms with Crippen LogP contribution in [0.15, 0.2) is 66.4 Å². The molecule has 1 amide bonds. The molecule has 0 atom stereocenters. The Hall–Kier alpha value is -3.13. The van der Waals surface area contributed by atoms with E-state index in [1.54, 1.807) is 17.0 Å². The molecule has 3 rings (SSSR count). The minimum atomic E-state index is -0.376. The molecule has 0 spiro atoms. The zero-order chi connectivity index (χ0) is 19.1. The standard InChI is InChI=1S/C22H22FN3O/c23-20-7-4-8-21(14-20)25-16-19(15-24)22(27)26-11-9-18(10-12-26)13-17-5-2-1-3-6-17/h1-8,14,16,18,25H,9-13H2/b19-16-. The second kappa shape index (κ2) is 9.00. The summed E-state index contributed by atoms with van der Waals surface area (Å²) in [5.41, 5.74) is 1.84. The normalized spacial score (nSPS) is 15.3. The van der Waals surface area contributed by atoms with E-state index in [1.807, 2.05) is 24.3 Å². The Morgan fingerprint density at radius 3 is 2.59 bits per heavy atom. The third-order valence-corrected chi connectivity index (χ3v) is 4.83. The van der Waals surface area contributed by atoms with Gasteiger partial charge in [0.2, 0.25) is 0 Å². The molecule has 1 fully saturated rings. The van der Waals surface area contributed by atoms with Crippen LogP contribution < -0.4 is 5.32 Å². The fourth-order valence-corrected chi connectivity index (χ4v) is 3.33. The minimum Gasteiger partial charge on any atom is -0.360 e. The lowest BCUT2D eigenvalue weighted by Crippen LogP contribution is -2.39. The third kappa shape index (κ3) is 5.18. The van der Waals surface area contributed by atoms with E-state index >= 15 is 0 Å². The number of carbonyl (C=O) groups is 1. The molecule has 0 saturated carbocycles. The first-order chi connectivity index (χ1) is 13.2. The number of likely N-dealkylation sites (tertiary alicyclic amines) is 1. The van der Waals surface area contributed by atoms with Gasteiger partial charge in [0.15, 0.2) is 0 Å². The molecule has 4 nitrogen and oxygen atoms in total. The monoisotopic (exact) mass is 363 g/mol. The molecule has 2 aromatic rings. The largest absolute Gasteiger partial charge is 0.360 e. The van der Waals surface area contributed by atoms with E-state index < -0.39 is 0 Å². The predicted octanol–water partition coefficient (Wildman–Crippen LogP) is 4.13. The second-order valence-corrected chi connectivity index (χ2v) is 6.75. The average molecular weight is 363 g/mol. The summed E-state index contributed by atoms with van der Waals surface area (Å²) in [6.45, 7) is 1.30. The van der Waals surface area contributed by atoms with Gasteiger partial charge in [-0.15, -0.1) is 0 Å². The number of rotatable bonds is 5. The number of halogens is 1. The molecule has 0 aromatic heterocycles. The second-order valence-electron chi connectivity index (χ2n) is 6.75. The summed E-state index contributed by atoms with van der Waals surface area (Å²) in [4.78, 5) is 14.3. The van der Waals surface area contributed by atoms with Gasteiger partial charge in [-0.2, -0.15) is 5.26 Å². The molecule has 27 heavy (non-hydrogen) atoms. The molecule has 1 N–H and O–H groups in total. The van der Waals surface area contributed by atoms with Gasteiger partial charge in [0.25, 0.3) is 5.91 Å². The van der Waals surface area contributed by atoms with Crippen molar-refractivity contribution < 1.29 is 9.18 Å². The quantitative estimate of drug-likeness (QED) is 0.642. The number of nitriles is 1. The predicted molar refractivity (Wildman–Crippen MR) is 103 cm³/mol. The lowest BCUT2D eigenvalue weighted by atomic mass is 9.90. The van der Waals surface area contributed by atoms with Gasteiger partial charge in [-0.1, -0.05) is 36.4 Å². The molecule has 0 radical (unpaired) electrons. The van der Waals surface area contributed by atoms with Crippen molar-refractivity contribution in [2.24, 2.45) is 5.92 Å². The first-order valence-electron chi connectivity index (χ1n) is 9.11. The van der Waals surface area contributed by atoms with Crippen LogP contribution in [-0.2, 0) is 11.2 Å². The zero-order valence-electron chi connectivity index (χ0n) is 15.1. The van der Waals surface area contributed by atoms with E-state index in [0.717, 1.165) is 19.3 Å². The van der Waals surface area contributed by atoms with Gasteiger partial charge in [-0.3, -0.25) is 4.79 Å². The molecular formula is C22H22FN3O. The van der Waals surface area contributed by atoms with Gasteiger partial charge in [-0.25, -0.2) is 4.39 Å². The number of carbonyl (C=O) groups excluding carboxylic acids is 1. The molecular weight excluding hydrogens is 341 g/mol. The highest BCUT2D eigenvalue weighted by Crippen LogP contribution is 2.22. The maximum absolute atomic E-state index is 13.2. The highest BCUT2D eigenvalue weighted by atomic mass is 19.1. The van der Waals surface area contributed by atoms with E-state index in [1.165, 1.54) is 23.9 Å². The topological polar surface area (TPSA) is 56.1 Å². The number of nitrogens with one attached hydrogen (secondary N) is 1. The number of nitrogens with zero attached hydrogens (tertiary/aromatic N) is 2. The van der Waals surface area contributed by atoms with Gasteiger partial charge < -0.3 is 10.2 Å². The molecule has 0 aliphatic carbocycles. The molecule has 1 aliphatic heterocycles. The molecule has 2 aromatic carbocycles. The van der Waals surface area contributed by atoms with Gasteiger partial charge in [0, 0.05) is 25.0 Å². The first-order valence-corrected chi connectivity index (χ1v) is 9.11. The molecule has 5 heteroatoms. The summed E-state index contributed by atoms with van der Waals surface area (Å²) in [6.07, 6.45) is 4.23. The van der Waals surface area contributed by atoms with E-state index in [0.29, 0.717) is 24.7 Å². The van der Waals surface area contributed by atoms with Crippen LogP contribution in [0.1, 0.15) is 18.4 Å². The number of anilines is 1. The van der Waals surface area contributed by atoms with Crippen molar-refractivity contribution in [2.75, 3.05) is 18.4 Å². The van der Waals surface area contributed by atoms with Crippen LogP contribution in [-0.4, -0.2) is 23.9 Å². The van der Waals surface area contributed by atoms with Crippen molar-refractivity contribution in [3.05, 3.63) is 77.8 Å². The molecule has 1 saturated heterocycles. The summed E-state index contributed by atoms with van der Waals surface area (Å²) >= 11 is 0.